The number of hydrogen-bond acceptors (Lipinski definition) is 1. The molecule has 1 aliphatic carbocycles. The lowest BCUT2D eigenvalue weighted by molar-refractivity contribution is 0.0480. The van der Waals surface area contributed by atoms with Gasteiger partial charge in [0, 0.05) is 5.54 Å². The third-order valence-electron chi connectivity index (χ3n) is 4.29. The Balaban J connectivity index is 2.98. The molecule has 1 heteroatoms. The van der Waals surface area contributed by atoms with Crippen molar-refractivity contribution in [2.75, 3.05) is 0 Å². The van der Waals surface area contributed by atoms with Crippen molar-refractivity contribution in [3.8, 4) is 0 Å². The van der Waals surface area contributed by atoms with E-state index >= 15 is 0 Å². The van der Waals surface area contributed by atoms with Gasteiger partial charge in [0.05, 0.1) is 0 Å². The zero-order valence-corrected chi connectivity index (χ0v) is 9.20. The van der Waals surface area contributed by atoms with Gasteiger partial charge in [-0.15, -0.1) is 0 Å². The molecule has 0 aromatic rings. The highest BCUT2D eigenvalue weighted by atomic mass is 14.8. The zero-order valence-electron chi connectivity index (χ0n) is 9.20. The molecule has 12 heavy (non-hydrogen) atoms. The van der Waals surface area contributed by atoms with Crippen LogP contribution < -0.4 is 5.73 Å². The topological polar surface area (TPSA) is 26.0 Å². The molecule has 1 aliphatic rings. The maximum Gasteiger partial charge on any atom is 0.0185 e. The summed E-state index contributed by atoms with van der Waals surface area (Å²) in [5.74, 6) is 0. The Kier molecular flexibility index (Phi) is 2.07. The summed E-state index contributed by atoms with van der Waals surface area (Å²) < 4.78 is 0. The SMILES string of the molecule is CC(C)(C)C1(C)CCC[C@@]1(C)N. The fraction of sp³-hybridized carbons (Fsp3) is 1.00. The Bertz CT molecular complexity index is 176. The zero-order chi connectivity index (χ0) is 9.62. The summed E-state index contributed by atoms with van der Waals surface area (Å²) in [7, 11) is 0. The van der Waals surface area contributed by atoms with E-state index in [2.05, 4.69) is 34.6 Å². The third kappa shape index (κ3) is 1.19. The lowest BCUT2D eigenvalue weighted by atomic mass is 9.59. The molecule has 2 atom stereocenters. The number of nitrogens with two attached hydrogens (primary N) is 1. The van der Waals surface area contributed by atoms with Crippen molar-refractivity contribution in [2.24, 2.45) is 16.6 Å². The van der Waals surface area contributed by atoms with E-state index in [-0.39, 0.29) is 5.54 Å². The van der Waals surface area contributed by atoms with E-state index in [1.807, 2.05) is 0 Å². The summed E-state index contributed by atoms with van der Waals surface area (Å²) in [6, 6.07) is 0. The third-order valence-corrected chi connectivity index (χ3v) is 4.29. The summed E-state index contributed by atoms with van der Waals surface area (Å²) in [6.45, 7) is 11.5. The normalized spacial score (nSPS) is 43.5. The van der Waals surface area contributed by atoms with Crippen LogP contribution in [0.2, 0.25) is 0 Å². The van der Waals surface area contributed by atoms with Crippen LogP contribution in [-0.4, -0.2) is 5.54 Å². The molecule has 72 valence electrons. The van der Waals surface area contributed by atoms with Gasteiger partial charge in [0.1, 0.15) is 0 Å². The van der Waals surface area contributed by atoms with Crippen molar-refractivity contribution in [3.05, 3.63) is 0 Å². The number of rotatable bonds is 0. The van der Waals surface area contributed by atoms with E-state index < -0.39 is 0 Å². The quantitative estimate of drug-likeness (QED) is 0.593. The molecular weight excluding hydrogens is 146 g/mol. The van der Waals surface area contributed by atoms with E-state index in [0.717, 1.165) is 0 Å². The number of hydrogen-bond donors (Lipinski definition) is 1. The Morgan fingerprint density at radius 1 is 1.08 bits per heavy atom. The van der Waals surface area contributed by atoms with Crippen LogP contribution in [0.1, 0.15) is 53.9 Å². The van der Waals surface area contributed by atoms with Gasteiger partial charge in [-0.25, -0.2) is 0 Å². The largest absolute Gasteiger partial charge is 0.325 e. The van der Waals surface area contributed by atoms with Crippen LogP contribution in [0.5, 0.6) is 0 Å². The molecule has 0 bridgehead atoms. The maximum absolute atomic E-state index is 6.34. The fourth-order valence-electron chi connectivity index (χ4n) is 2.60. The second-order valence-corrected chi connectivity index (χ2v) is 5.85. The summed E-state index contributed by atoms with van der Waals surface area (Å²) >= 11 is 0. The molecule has 1 unspecified atom stereocenters. The van der Waals surface area contributed by atoms with Crippen molar-refractivity contribution >= 4 is 0 Å². The molecule has 0 spiro atoms. The Hall–Kier alpha value is -0.0400. The molecule has 0 saturated heterocycles. The van der Waals surface area contributed by atoms with Gasteiger partial charge < -0.3 is 5.73 Å². The first-order chi connectivity index (χ1) is 5.21. The monoisotopic (exact) mass is 169 g/mol. The summed E-state index contributed by atoms with van der Waals surface area (Å²) in [6.07, 6.45) is 3.76. The molecule has 0 heterocycles. The molecule has 1 rings (SSSR count). The van der Waals surface area contributed by atoms with Crippen molar-refractivity contribution < 1.29 is 0 Å². The maximum atomic E-state index is 6.34. The first-order valence-electron chi connectivity index (χ1n) is 5.00. The molecular formula is C11H23N. The Morgan fingerprint density at radius 2 is 1.58 bits per heavy atom. The van der Waals surface area contributed by atoms with Crippen molar-refractivity contribution in [1.29, 1.82) is 0 Å². The van der Waals surface area contributed by atoms with Crippen LogP contribution >= 0.6 is 0 Å². The second-order valence-electron chi connectivity index (χ2n) is 5.85. The Morgan fingerprint density at radius 3 is 1.75 bits per heavy atom. The first kappa shape index (κ1) is 10.0. The smallest absolute Gasteiger partial charge is 0.0185 e. The minimum absolute atomic E-state index is 0.0330. The van der Waals surface area contributed by atoms with Crippen LogP contribution in [0.4, 0.5) is 0 Å². The van der Waals surface area contributed by atoms with Crippen molar-refractivity contribution in [3.63, 3.8) is 0 Å². The molecule has 0 radical (unpaired) electrons. The molecule has 1 saturated carbocycles. The molecule has 1 fully saturated rings. The standard InChI is InChI=1S/C11H23N/c1-9(2,3)10(4)7-6-8-11(10,5)12/h6-8,12H2,1-5H3/t10?,11-/m1/s1. The molecule has 0 aliphatic heterocycles. The molecule has 1 nitrogen and oxygen atoms in total. The van der Waals surface area contributed by atoms with Crippen LogP contribution in [0.15, 0.2) is 0 Å². The Labute approximate surface area is 76.7 Å². The van der Waals surface area contributed by atoms with Crippen LogP contribution in [0.25, 0.3) is 0 Å². The van der Waals surface area contributed by atoms with Gasteiger partial charge in [-0.05, 0) is 30.6 Å². The van der Waals surface area contributed by atoms with Gasteiger partial charge in [0.2, 0.25) is 0 Å². The second kappa shape index (κ2) is 2.47. The van der Waals surface area contributed by atoms with E-state index in [1.165, 1.54) is 19.3 Å². The molecule has 0 aromatic heterocycles. The van der Waals surface area contributed by atoms with Gasteiger partial charge in [0.15, 0.2) is 0 Å². The molecule has 2 N–H and O–H groups in total. The minimum Gasteiger partial charge on any atom is -0.325 e. The van der Waals surface area contributed by atoms with E-state index in [9.17, 15) is 0 Å². The molecule has 0 aromatic carbocycles. The van der Waals surface area contributed by atoms with Gasteiger partial charge in [-0.2, -0.15) is 0 Å². The molecule has 0 amide bonds. The fourth-order valence-corrected chi connectivity index (χ4v) is 2.60. The van der Waals surface area contributed by atoms with E-state index in [4.69, 9.17) is 5.73 Å². The van der Waals surface area contributed by atoms with Crippen molar-refractivity contribution in [1.82, 2.24) is 0 Å². The van der Waals surface area contributed by atoms with Gasteiger partial charge in [0.25, 0.3) is 0 Å². The predicted molar refractivity (Wildman–Crippen MR) is 54.0 cm³/mol. The average molecular weight is 169 g/mol. The first-order valence-corrected chi connectivity index (χ1v) is 5.00. The lowest BCUT2D eigenvalue weighted by Gasteiger charge is -2.48. The lowest BCUT2D eigenvalue weighted by Crippen LogP contribution is -2.53. The highest BCUT2D eigenvalue weighted by Crippen LogP contribution is 2.55. The minimum atomic E-state index is 0.0330. The van der Waals surface area contributed by atoms with Gasteiger partial charge >= 0.3 is 0 Å². The van der Waals surface area contributed by atoms with Gasteiger partial charge in [-0.3, -0.25) is 0 Å². The van der Waals surface area contributed by atoms with Crippen LogP contribution in [-0.2, 0) is 0 Å². The van der Waals surface area contributed by atoms with Crippen LogP contribution in [0, 0.1) is 10.8 Å². The van der Waals surface area contributed by atoms with Crippen molar-refractivity contribution in [2.45, 2.75) is 59.4 Å². The predicted octanol–water partition coefficient (Wildman–Crippen LogP) is 2.94. The average Bonchev–Trinajstić information content (AvgIpc) is 2.07. The van der Waals surface area contributed by atoms with Gasteiger partial charge in [-0.1, -0.05) is 34.1 Å². The van der Waals surface area contributed by atoms with E-state index in [0.29, 0.717) is 10.8 Å². The summed E-state index contributed by atoms with van der Waals surface area (Å²) in [5.41, 5.74) is 7.01. The highest BCUT2D eigenvalue weighted by Gasteiger charge is 2.52. The summed E-state index contributed by atoms with van der Waals surface area (Å²) in [4.78, 5) is 0. The van der Waals surface area contributed by atoms with Crippen LogP contribution in [0.3, 0.4) is 0 Å². The summed E-state index contributed by atoms with van der Waals surface area (Å²) in [5, 5.41) is 0. The highest BCUT2D eigenvalue weighted by molar-refractivity contribution is 5.07. The van der Waals surface area contributed by atoms with E-state index in [1.54, 1.807) is 0 Å².